The van der Waals surface area contributed by atoms with E-state index in [9.17, 15) is 9.59 Å². The van der Waals surface area contributed by atoms with E-state index in [0.29, 0.717) is 13.1 Å². The Balaban J connectivity index is 1.11. The lowest BCUT2D eigenvalue weighted by atomic mass is 10.1. The maximum absolute atomic E-state index is 12.8. The van der Waals surface area contributed by atoms with Gasteiger partial charge < -0.3 is 19.4 Å². The number of benzene rings is 2. The minimum absolute atomic E-state index is 0.115. The monoisotopic (exact) mass is 624 g/mol. The number of nitrogens with zero attached hydrogens (tertiary/aromatic N) is 4. The third kappa shape index (κ3) is 7.11. The molecule has 6 rings (SSSR count). The summed E-state index contributed by atoms with van der Waals surface area (Å²) in [5.74, 6) is 1.58. The molecule has 2 fully saturated rings. The van der Waals surface area contributed by atoms with Gasteiger partial charge in [0.25, 0.3) is 0 Å². The number of hydrogen-bond acceptors (Lipinski definition) is 6. The minimum Gasteiger partial charge on any atom is -0.444 e. The fourth-order valence-electron chi connectivity index (χ4n) is 6.11. The first-order valence-corrected chi connectivity index (χ1v) is 16.2. The van der Waals surface area contributed by atoms with Gasteiger partial charge in [-0.15, -0.1) is 0 Å². The molecule has 2 amide bonds. The van der Waals surface area contributed by atoms with E-state index in [0.717, 1.165) is 70.7 Å². The first-order valence-electron chi connectivity index (χ1n) is 16.2. The van der Waals surface area contributed by atoms with Crippen LogP contribution in [-0.2, 0) is 9.47 Å². The fourth-order valence-corrected chi connectivity index (χ4v) is 6.11. The van der Waals surface area contributed by atoms with Crippen LogP contribution in [0.4, 0.5) is 9.59 Å². The number of amides is 2. The molecule has 0 radical (unpaired) electrons. The SMILES string of the molecule is CC(C)(C)OC(=O)N1CCCC1c1ncc(-c2ccc(/C=C/c3ccc4nc(C5CCCN5C(=O)OC(C)(C)C)[nH]c4c3)cc2)[nH]1. The Morgan fingerprint density at radius 1 is 0.783 bits per heavy atom. The molecule has 2 aliphatic heterocycles. The van der Waals surface area contributed by atoms with Gasteiger partial charge in [-0.2, -0.15) is 0 Å². The molecule has 0 spiro atoms. The Morgan fingerprint density at radius 2 is 1.35 bits per heavy atom. The molecule has 2 aliphatic rings. The molecule has 242 valence electrons. The van der Waals surface area contributed by atoms with Crippen molar-refractivity contribution in [1.82, 2.24) is 29.7 Å². The van der Waals surface area contributed by atoms with Crippen LogP contribution in [0.15, 0.2) is 48.7 Å². The zero-order chi connectivity index (χ0) is 32.6. The van der Waals surface area contributed by atoms with E-state index < -0.39 is 11.2 Å². The summed E-state index contributed by atoms with van der Waals surface area (Å²) in [4.78, 5) is 45.4. The van der Waals surface area contributed by atoms with Gasteiger partial charge in [0.15, 0.2) is 0 Å². The smallest absolute Gasteiger partial charge is 0.410 e. The van der Waals surface area contributed by atoms with Crippen molar-refractivity contribution in [1.29, 1.82) is 0 Å². The predicted octanol–water partition coefficient (Wildman–Crippen LogP) is 8.27. The van der Waals surface area contributed by atoms with Crippen molar-refractivity contribution < 1.29 is 19.1 Å². The highest BCUT2D eigenvalue weighted by Crippen LogP contribution is 2.34. The van der Waals surface area contributed by atoms with Gasteiger partial charge in [-0.1, -0.05) is 42.5 Å². The van der Waals surface area contributed by atoms with Crippen molar-refractivity contribution >= 4 is 35.4 Å². The maximum atomic E-state index is 12.8. The molecule has 4 aromatic rings. The van der Waals surface area contributed by atoms with Crippen molar-refractivity contribution in [3.8, 4) is 11.3 Å². The number of aromatic amines is 2. The van der Waals surface area contributed by atoms with Crippen LogP contribution in [0.5, 0.6) is 0 Å². The maximum Gasteiger partial charge on any atom is 0.410 e. The number of fused-ring (bicyclic) bond motifs is 1. The van der Waals surface area contributed by atoms with Crippen LogP contribution < -0.4 is 0 Å². The summed E-state index contributed by atoms with van der Waals surface area (Å²) in [7, 11) is 0. The highest BCUT2D eigenvalue weighted by molar-refractivity contribution is 5.81. The molecule has 10 heteroatoms. The van der Waals surface area contributed by atoms with Crippen LogP contribution >= 0.6 is 0 Å². The Morgan fingerprint density at radius 3 is 1.96 bits per heavy atom. The summed E-state index contributed by atoms with van der Waals surface area (Å²) in [6, 6.07) is 14.2. The second kappa shape index (κ2) is 12.3. The summed E-state index contributed by atoms with van der Waals surface area (Å²) in [5, 5.41) is 0. The topological polar surface area (TPSA) is 116 Å². The van der Waals surface area contributed by atoms with Crippen molar-refractivity contribution in [2.75, 3.05) is 13.1 Å². The summed E-state index contributed by atoms with van der Waals surface area (Å²) < 4.78 is 11.3. The average molecular weight is 625 g/mol. The van der Waals surface area contributed by atoms with E-state index in [1.165, 1.54) is 0 Å². The van der Waals surface area contributed by atoms with Crippen LogP contribution in [0.25, 0.3) is 34.4 Å². The number of imidazole rings is 2. The van der Waals surface area contributed by atoms with E-state index in [4.69, 9.17) is 14.5 Å². The van der Waals surface area contributed by atoms with Gasteiger partial charge in [-0.25, -0.2) is 19.6 Å². The number of carbonyl (C=O) groups excluding carboxylic acids is 2. The van der Waals surface area contributed by atoms with Crippen LogP contribution in [0.2, 0.25) is 0 Å². The molecule has 0 aliphatic carbocycles. The summed E-state index contributed by atoms with van der Waals surface area (Å²) >= 11 is 0. The van der Waals surface area contributed by atoms with Gasteiger partial charge in [-0.3, -0.25) is 9.80 Å². The standard InChI is InChI=1S/C36H44N6O4/c1-35(2,3)45-33(43)41-19-7-9-29(41)31-37-22-28(40-31)25-16-13-23(14-17-25)11-12-24-15-18-26-27(21-24)39-32(38-26)30-10-8-20-42(30)34(44)46-36(4,5)6/h11-18,21-22,29-30H,7-10,19-20H2,1-6H3,(H,37,40)(H,38,39)/b12-11+. The quantitative estimate of drug-likeness (QED) is 0.216. The molecule has 2 aromatic carbocycles. The highest BCUT2D eigenvalue weighted by Gasteiger charge is 2.36. The third-order valence-electron chi connectivity index (χ3n) is 8.20. The van der Waals surface area contributed by atoms with E-state index >= 15 is 0 Å². The molecule has 0 bridgehead atoms. The largest absolute Gasteiger partial charge is 0.444 e. The summed E-state index contributed by atoms with van der Waals surface area (Å²) in [6.45, 7) is 12.6. The van der Waals surface area contributed by atoms with E-state index in [1.54, 1.807) is 9.80 Å². The number of carbonyl (C=O) groups is 2. The van der Waals surface area contributed by atoms with E-state index in [1.807, 2.05) is 59.9 Å². The number of rotatable bonds is 5. The zero-order valence-corrected chi connectivity index (χ0v) is 27.6. The zero-order valence-electron chi connectivity index (χ0n) is 27.6. The van der Waals surface area contributed by atoms with Crippen LogP contribution in [-0.4, -0.2) is 66.2 Å². The van der Waals surface area contributed by atoms with E-state index in [-0.39, 0.29) is 24.3 Å². The lowest BCUT2D eigenvalue weighted by molar-refractivity contribution is 0.0208. The van der Waals surface area contributed by atoms with Crippen molar-refractivity contribution in [3.05, 3.63) is 71.4 Å². The molecule has 2 N–H and O–H groups in total. The molecule has 4 heterocycles. The number of hydrogen-bond donors (Lipinski definition) is 2. The molecule has 0 saturated carbocycles. The number of H-pyrrole nitrogens is 2. The number of likely N-dealkylation sites (tertiary alicyclic amines) is 2. The van der Waals surface area contributed by atoms with Crippen LogP contribution in [0.1, 0.15) is 102 Å². The first-order chi connectivity index (χ1) is 21.8. The Labute approximate surface area is 270 Å². The molecule has 2 aromatic heterocycles. The summed E-state index contributed by atoms with van der Waals surface area (Å²) in [5.41, 5.74) is 4.79. The normalized spacial score (nSPS) is 19.0. The first kappa shape index (κ1) is 31.4. The molecule has 10 nitrogen and oxygen atoms in total. The highest BCUT2D eigenvalue weighted by atomic mass is 16.6. The van der Waals surface area contributed by atoms with Crippen molar-refractivity contribution in [2.45, 2.75) is 90.5 Å². The Hall–Kier alpha value is -4.60. The molecule has 46 heavy (non-hydrogen) atoms. The van der Waals surface area contributed by atoms with Gasteiger partial charge in [0.2, 0.25) is 0 Å². The van der Waals surface area contributed by atoms with Crippen LogP contribution in [0, 0.1) is 0 Å². The Kier molecular flexibility index (Phi) is 8.39. The van der Waals surface area contributed by atoms with Gasteiger partial charge in [0, 0.05) is 13.1 Å². The molecule has 2 saturated heterocycles. The number of aromatic nitrogens is 4. The van der Waals surface area contributed by atoms with Gasteiger partial charge in [0.1, 0.15) is 22.9 Å². The molecular formula is C36H44N6O4. The van der Waals surface area contributed by atoms with Crippen molar-refractivity contribution in [3.63, 3.8) is 0 Å². The van der Waals surface area contributed by atoms with Gasteiger partial charge in [-0.05, 0) is 96.0 Å². The minimum atomic E-state index is -0.537. The fraction of sp³-hybridized carbons (Fsp3) is 0.444. The second-order valence-corrected chi connectivity index (χ2v) is 14.2. The third-order valence-corrected chi connectivity index (χ3v) is 8.20. The number of ether oxygens (including phenoxy) is 2. The van der Waals surface area contributed by atoms with Crippen molar-refractivity contribution in [2.24, 2.45) is 0 Å². The lowest BCUT2D eigenvalue weighted by Crippen LogP contribution is -2.36. The van der Waals surface area contributed by atoms with Crippen LogP contribution in [0.3, 0.4) is 0 Å². The molecule has 2 atom stereocenters. The lowest BCUT2D eigenvalue weighted by Gasteiger charge is -2.27. The second-order valence-electron chi connectivity index (χ2n) is 14.2. The molecular weight excluding hydrogens is 580 g/mol. The number of nitrogens with one attached hydrogen (secondary N) is 2. The predicted molar refractivity (Wildman–Crippen MR) is 179 cm³/mol. The van der Waals surface area contributed by atoms with E-state index in [2.05, 4.69) is 57.4 Å². The Bertz CT molecular complexity index is 1740. The average Bonchev–Trinajstić information content (AvgIpc) is 3.79. The molecule has 2 unspecified atom stereocenters. The van der Waals surface area contributed by atoms with Gasteiger partial charge in [0.05, 0.1) is 35.0 Å². The van der Waals surface area contributed by atoms with Gasteiger partial charge >= 0.3 is 12.2 Å². The summed E-state index contributed by atoms with van der Waals surface area (Å²) in [6.07, 6.45) is 8.95.